The average molecular weight is 341 g/mol. The summed E-state index contributed by atoms with van der Waals surface area (Å²) >= 11 is 1.64. The van der Waals surface area contributed by atoms with Crippen LogP contribution in [0.2, 0.25) is 0 Å². The zero-order chi connectivity index (χ0) is 16.4. The van der Waals surface area contributed by atoms with Gasteiger partial charge in [-0.25, -0.2) is 10.4 Å². The highest BCUT2D eigenvalue weighted by Crippen LogP contribution is 2.15. The topological polar surface area (TPSA) is 71.0 Å². The van der Waals surface area contributed by atoms with Gasteiger partial charge in [0.25, 0.3) is 0 Å². The summed E-state index contributed by atoms with van der Waals surface area (Å²) in [4.78, 5) is 16.7. The number of fused-ring (bicyclic) bond motifs is 1. The zero-order valence-electron chi connectivity index (χ0n) is 13.1. The lowest BCUT2D eigenvalue weighted by Gasteiger charge is -2.11. The molecule has 1 fully saturated rings. The number of thiophene rings is 1. The second-order valence-electron chi connectivity index (χ2n) is 6.01. The van der Waals surface area contributed by atoms with E-state index in [0.29, 0.717) is 6.54 Å². The number of para-hydroxylation sites is 2. The molecule has 0 spiro atoms. The van der Waals surface area contributed by atoms with Crippen LogP contribution in [0.4, 0.5) is 0 Å². The van der Waals surface area contributed by atoms with E-state index in [1.54, 1.807) is 11.3 Å². The molecule has 0 radical (unpaired) electrons. The number of hydrogen-bond donors (Lipinski definition) is 3. The van der Waals surface area contributed by atoms with Crippen molar-refractivity contribution in [3.05, 3.63) is 53.0 Å². The summed E-state index contributed by atoms with van der Waals surface area (Å²) in [6.45, 7) is 1.36. The molecule has 1 saturated heterocycles. The number of benzene rings is 1. The molecule has 2 aromatic heterocycles. The maximum absolute atomic E-state index is 12.3. The first kappa shape index (κ1) is 15.3. The quantitative estimate of drug-likeness (QED) is 0.660. The molecule has 6 nitrogen and oxygen atoms in total. The lowest BCUT2D eigenvalue weighted by molar-refractivity contribution is -0.123. The molecular weight excluding hydrogens is 322 g/mol. The van der Waals surface area contributed by atoms with E-state index in [1.807, 2.05) is 41.4 Å². The average Bonchev–Trinajstić information content (AvgIpc) is 3.35. The Bertz CT molecular complexity index is 829. The van der Waals surface area contributed by atoms with Crippen LogP contribution in [0.5, 0.6) is 0 Å². The van der Waals surface area contributed by atoms with E-state index < -0.39 is 0 Å². The molecule has 1 aromatic carbocycles. The highest BCUT2D eigenvalue weighted by Gasteiger charge is 2.29. The molecule has 0 bridgehead atoms. The minimum Gasteiger partial charge on any atom is -0.351 e. The maximum Gasteiger partial charge on any atom is 0.238 e. The van der Waals surface area contributed by atoms with Crippen molar-refractivity contribution in [2.45, 2.75) is 31.6 Å². The van der Waals surface area contributed by atoms with Gasteiger partial charge in [-0.05, 0) is 40.9 Å². The number of hydrazine groups is 1. The fourth-order valence-corrected chi connectivity index (χ4v) is 3.68. The van der Waals surface area contributed by atoms with Gasteiger partial charge in [0.05, 0.1) is 17.4 Å². The number of hydrogen-bond acceptors (Lipinski definition) is 5. The van der Waals surface area contributed by atoms with E-state index >= 15 is 0 Å². The van der Waals surface area contributed by atoms with E-state index in [9.17, 15) is 4.79 Å². The molecule has 0 saturated carbocycles. The second-order valence-corrected chi connectivity index (χ2v) is 6.79. The van der Waals surface area contributed by atoms with Crippen LogP contribution >= 0.6 is 11.3 Å². The number of rotatable bonds is 5. The zero-order valence-corrected chi connectivity index (χ0v) is 13.9. The number of nitrogens with one attached hydrogen (secondary N) is 3. The molecule has 7 heteroatoms. The smallest absolute Gasteiger partial charge is 0.238 e. The van der Waals surface area contributed by atoms with E-state index in [-0.39, 0.29) is 18.0 Å². The van der Waals surface area contributed by atoms with Crippen molar-refractivity contribution < 1.29 is 4.79 Å². The van der Waals surface area contributed by atoms with Crippen molar-refractivity contribution in [1.82, 2.24) is 25.7 Å². The molecule has 3 heterocycles. The normalized spacial score (nSPS) is 20.5. The summed E-state index contributed by atoms with van der Waals surface area (Å²) < 4.78 is 2.13. The summed E-state index contributed by atoms with van der Waals surface area (Å²) in [7, 11) is 0. The van der Waals surface area contributed by atoms with Crippen LogP contribution in [0.25, 0.3) is 11.0 Å². The summed E-state index contributed by atoms with van der Waals surface area (Å²) in [5, 5.41) is 7.05. The Kier molecular flexibility index (Phi) is 4.29. The Morgan fingerprint density at radius 2 is 2.25 bits per heavy atom. The van der Waals surface area contributed by atoms with Gasteiger partial charge < -0.3 is 9.88 Å². The molecule has 3 aromatic rings. The Labute approximate surface area is 143 Å². The van der Waals surface area contributed by atoms with Gasteiger partial charge in [-0.1, -0.05) is 12.1 Å². The minimum atomic E-state index is -0.205. The lowest BCUT2D eigenvalue weighted by Crippen LogP contribution is -2.43. The SMILES string of the molecule is O=C(NCc1ccsc1)C1CC(Cn2cnc3ccccc32)NN1. The van der Waals surface area contributed by atoms with Gasteiger partial charge in [0.2, 0.25) is 5.91 Å². The Balaban J connectivity index is 1.33. The van der Waals surface area contributed by atoms with Gasteiger partial charge in [-0.3, -0.25) is 10.2 Å². The molecule has 24 heavy (non-hydrogen) atoms. The molecule has 124 valence electrons. The number of nitrogens with zero attached hydrogens (tertiary/aromatic N) is 2. The Morgan fingerprint density at radius 3 is 3.12 bits per heavy atom. The first-order valence-corrected chi connectivity index (χ1v) is 8.93. The molecule has 1 aliphatic rings. The van der Waals surface area contributed by atoms with E-state index in [0.717, 1.165) is 29.6 Å². The van der Waals surface area contributed by atoms with E-state index in [2.05, 4.69) is 31.8 Å². The van der Waals surface area contributed by atoms with Crippen molar-refractivity contribution >= 4 is 28.3 Å². The lowest BCUT2D eigenvalue weighted by atomic mass is 10.1. The first-order valence-electron chi connectivity index (χ1n) is 7.99. The minimum absolute atomic E-state index is 0.0340. The third-order valence-corrected chi connectivity index (χ3v) is 5.02. The number of carbonyl (C=O) groups excluding carboxylic acids is 1. The Morgan fingerprint density at radius 1 is 1.33 bits per heavy atom. The van der Waals surface area contributed by atoms with Crippen LogP contribution in [-0.4, -0.2) is 27.5 Å². The summed E-state index contributed by atoms with van der Waals surface area (Å²) in [6, 6.07) is 10.1. The summed E-state index contributed by atoms with van der Waals surface area (Å²) in [5.41, 5.74) is 9.58. The van der Waals surface area contributed by atoms with Gasteiger partial charge in [-0.15, -0.1) is 0 Å². The van der Waals surface area contributed by atoms with Gasteiger partial charge >= 0.3 is 0 Å². The summed E-state index contributed by atoms with van der Waals surface area (Å²) in [6.07, 6.45) is 2.61. The van der Waals surface area contributed by atoms with Crippen LogP contribution in [0.15, 0.2) is 47.4 Å². The van der Waals surface area contributed by atoms with Gasteiger partial charge in [0.1, 0.15) is 6.04 Å². The Hall–Kier alpha value is -2.22. The van der Waals surface area contributed by atoms with Crippen LogP contribution in [0.3, 0.4) is 0 Å². The molecule has 4 rings (SSSR count). The molecule has 3 N–H and O–H groups in total. The first-order chi connectivity index (χ1) is 11.8. The van der Waals surface area contributed by atoms with Crippen molar-refractivity contribution in [3.63, 3.8) is 0 Å². The summed E-state index contributed by atoms with van der Waals surface area (Å²) in [5.74, 6) is 0.0340. The fraction of sp³-hybridized carbons (Fsp3) is 0.294. The molecule has 2 atom stereocenters. The molecule has 2 unspecified atom stereocenters. The highest BCUT2D eigenvalue weighted by atomic mass is 32.1. The molecular formula is C17H19N5OS. The number of carbonyl (C=O) groups is 1. The molecule has 1 aliphatic heterocycles. The second kappa shape index (κ2) is 6.72. The number of aromatic nitrogens is 2. The third-order valence-electron chi connectivity index (χ3n) is 4.29. The molecule has 1 amide bonds. The van der Waals surface area contributed by atoms with Crippen molar-refractivity contribution in [2.24, 2.45) is 0 Å². The number of imidazole rings is 1. The van der Waals surface area contributed by atoms with Gasteiger partial charge in [0.15, 0.2) is 0 Å². The predicted molar refractivity (Wildman–Crippen MR) is 94.4 cm³/mol. The van der Waals surface area contributed by atoms with Crippen molar-refractivity contribution in [1.29, 1.82) is 0 Å². The molecule has 0 aliphatic carbocycles. The van der Waals surface area contributed by atoms with Crippen LogP contribution in [0, 0.1) is 0 Å². The van der Waals surface area contributed by atoms with Gasteiger partial charge in [0, 0.05) is 19.1 Å². The fourth-order valence-electron chi connectivity index (χ4n) is 3.01. The maximum atomic E-state index is 12.3. The predicted octanol–water partition coefficient (Wildman–Crippen LogP) is 1.65. The van der Waals surface area contributed by atoms with Crippen LogP contribution in [-0.2, 0) is 17.9 Å². The number of amides is 1. The van der Waals surface area contributed by atoms with Crippen LogP contribution in [0.1, 0.15) is 12.0 Å². The van der Waals surface area contributed by atoms with Crippen LogP contribution < -0.4 is 16.2 Å². The standard InChI is InChI=1S/C17H19N5OS/c23-17(18-8-12-5-6-24-10-12)15-7-13(20-21-15)9-22-11-19-14-3-1-2-4-16(14)22/h1-6,10-11,13,15,20-21H,7-9H2,(H,18,23). The van der Waals surface area contributed by atoms with Crippen molar-refractivity contribution in [3.8, 4) is 0 Å². The van der Waals surface area contributed by atoms with Gasteiger partial charge in [-0.2, -0.15) is 11.3 Å². The van der Waals surface area contributed by atoms with E-state index in [4.69, 9.17) is 0 Å². The highest BCUT2D eigenvalue weighted by molar-refractivity contribution is 7.07. The van der Waals surface area contributed by atoms with Crippen molar-refractivity contribution in [2.75, 3.05) is 0 Å². The third kappa shape index (κ3) is 3.19. The monoisotopic (exact) mass is 341 g/mol. The largest absolute Gasteiger partial charge is 0.351 e. The van der Waals surface area contributed by atoms with E-state index in [1.165, 1.54) is 0 Å².